The first-order valence-corrected chi connectivity index (χ1v) is 7.89. The minimum atomic E-state index is -0.181. The van der Waals surface area contributed by atoms with Crippen LogP contribution in [0.3, 0.4) is 0 Å². The number of amides is 1. The van der Waals surface area contributed by atoms with Crippen molar-refractivity contribution < 1.29 is 9.53 Å². The van der Waals surface area contributed by atoms with Gasteiger partial charge in [-0.05, 0) is 73.2 Å². The largest absolute Gasteiger partial charge is 0.457 e. The predicted molar refractivity (Wildman–Crippen MR) is 97.1 cm³/mol. The Balaban J connectivity index is 1.66. The zero-order chi connectivity index (χ0) is 16.9. The van der Waals surface area contributed by atoms with Crippen LogP contribution < -0.4 is 10.1 Å². The lowest BCUT2D eigenvalue weighted by molar-refractivity contribution is 0.102. The van der Waals surface area contributed by atoms with Crippen LogP contribution in [-0.4, -0.2) is 5.91 Å². The molecule has 0 spiro atoms. The molecule has 1 amide bonds. The lowest BCUT2D eigenvalue weighted by atomic mass is 10.2. The average molecular weight is 338 g/mol. The number of rotatable bonds is 4. The van der Waals surface area contributed by atoms with E-state index in [1.54, 1.807) is 36.4 Å². The van der Waals surface area contributed by atoms with Crippen molar-refractivity contribution in [2.24, 2.45) is 0 Å². The normalized spacial score (nSPS) is 10.2. The van der Waals surface area contributed by atoms with Gasteiger partial charge in [-0.15, -0.1) is 0 Å². The molecule has 1 N–H and O–H groups in total. The predicted octanol–water partition coefficient (Wildman–Crippen LogP) is 5.69. The second kappa shape index (κ2) is 7.20. The van der Waals surface area contributed by atoms with Crippen molar-refractivity contribution in [2.45, 2.75) is 6.92 Å². The van der Waals surface area contributed by atoms with Crippen molar-refractivity contribution in [3.05, 3.63) is 88.9 Å². The van der Waals surface area contributed by atoms with Crippen molar-refractivity contribution in [2.75, 3.05) is 5.32 Å². The Hall–Kier alpha value is -2.78. The average Bonchev–Trinajstić information content (AvgIpc) is 2.57. The van der Waals surface area contributed by atoms with Crippen molar-refractivity contribution >= 4 is 23.2 Å². The lowest BCUT2D eigenvalue weighted by Crippen LogP contribution is -2.11. The molecule has 0 bridgehead atoms. The second-order valence-corrected chi connectivity index (χ2v) is 5.84. The molecule has 0 fully saturated rings. The van der Waals surface area contributed by atoms with Crippen LogP contribution in [-0.2, 0) is 0 Å². The van der Waals surface area contributed by atoms with E-state index in [1.807, 2.05) is 43.3 Å². The highest BCUT2D eigenvalue weighted by Gasteiger charge is 2.06. The summed E-state index contributed by atoms with van der Waals surface area (Å²) in [5.41, 5.74) is 2.39. The number of hydrogen-bond donors (Lipinski definition) is 1. The third-order valence-corrected chi connectivity index (χ3v) is 3.70. The molecule has 0 aliphatic rings. The summed E-state index contributed by atoms with van der Waals surface area (Å²) in [6, 6.07) is 21.8. The standard InChI is InChI=1S/C20H16ClNO2/c1-14-3-2-4-19(13-14)24-18-11-9-17(10-12-18)22-20(23)15-5-7-16(21)8-6-15/h2-13H,1H3,(H,22,23). The summed E-state index contributed by atoms with van der Waals surface area (Å²) < 4.78 is 5.79. The van der Waals surface area contributed by atoms with Crippen LogP contribution in [0.1, 0.15) is 15.9 Å². The summed E-state index contributed by atoms with van der Waals surface area (Å²) in [6.45, 7) is 2.02. The van der Waals surface area contributed by atoms with E-state index in [4.69, 9.17) is 16.3 Å². The SMILES string of the molecule is Cc1cccc(Oc2ccc(NC(=O)c3ccc(Cl)cc3)cc2)c1. The number of benzene rings is 3. The lowest BCUT2D eigenvalue weighted by Gasteiger charge is -2.09. The van der Waals surface area contributed by atoms with Gasteiger partial charge in [0.05, 0.1) is 0 Å². The fourth-order valence-corrected chi connectivity index (χ4v) is 2.35. The van der Waals surface area contributed by atoms with Gasteiger partial charge in [0.2, 0.25) is 0 Å². The van der Waals surface area contributed by atoms with Crippen LogP contribution >= 0.6 is 11.6 Å². The van der Waals surface area contributed by atoms with Gasteiger partial charge < -0.3 is 10.1 Å². The van der Waals surface area contributed by atoms with Gasteiger partial charge in [0, 0.05) is 16.3 Å². The van der Waals surface area contributed by atoms with Gasteiger partial charge in [0.25, 0.3) is 5.91 Å². The molecule has 3 nitrogen and oxygen atoms in total. The highest BCUT2D eigenvalue weighted by Crippen LogP contribution is 2.24. The molecule has 24 heavy (non-hydrogen) atoms. The molecule has 3 rings (SSSR count). The minimum absolute atomic E-state index is 0.181. The summed E-state index contributed by atoms with van der Waals surface area (Å²) >= 11 is 5.82. The molecule has 0 saturated heterocycles. The van der Waals surface area contributed by atoms with E-state index >= 15 is 0 Å². The number of ether oxygens (including phenoxy) is 1. The van der Waals surface area contributed by atoms with Crippen LogP contribution in [0.2, 0.25) is 5.02 Å². The first kappa shape index (κ1) is 16.1. The molecule has 3 aromatic carbocycles. The molecule has 120 valence electrons. The summed E-state index contributed by atoms with van der Waals surface area (Å²) in [6.07, 6.45) is 0. The van der Waals surface area contributed by atoms with E-state index in [0.717, 1.165) is 11.3 Å². The monoisotopic (exact) mass is 337 g/mol. The molecular formula is C20H16ClNO2. The molecule has 0 heterocycles. The summed E-state index contributed by atoms with van der Waals surface area (Å²) in [5.74, 6) is 1.32. The van der Waals surface area contributed by atoms with Gasteiger partial charge in [-0.2, -0.15) is 0 Å². The molecule has 0 aromatic heterocycles. The van der Waals surface area contributed by atoms with Gasteiger partial charge in [-0.3, -0.25) is 4.79 Å². The molecule has 0 saturated carbocycles. The fourth-order valence-electron chi connectivity index (χ4n) is 2.23. The summed E-state index contributed by atoms with van der Waals surface area (Å²) in [7, 11) is 0. The van der Waals surface area contributed by atoms with Crippen LogP contribution in [0.25, 0.3) is 0 Å². The molecule has 0 unspecified atom stereocenters. The number of halogens is 1. The van der Waals surface area contributed by atoms with Crippen LogP contribution in [0, 0.1) is 6.92 Å². The summed E-state index contributed by atoms with van der Waals surface area (Å²) in [4.78, 5) is 12.2. The van der Waals surface area contributed by atoms with Gasteiger partial charge in [0.15, 0.2) is 0 Å². The van der Waals surface area contributed by atoms with E-state index < -0.39 is 0 Å². The van der Waals surface area contributed by atoms with E-state index in [9.17, 15) is 4.79 Å². The Labute approximate surface area is 145 Å². The third kappa shape index (κ3) is 4.15. The third-order valence-electron chi connectivity index (χ3n) is 3.44. The van der Waals surface area contributed by atoms with E-state index in [2.05, 4.69) is 5.32 Å². The van der Waals surface area contributed by atoms with Crippen LogP contribution in [0.4, 0.5) is 5.69 Å². The first-order valence-electron chi connectivity index (χ1n) is 7.52. The summed E-state index contributed by atoms with van der Waals surface area (Å²) in [5, 5.41) is 3.44. The Morgan fingerprint density at radius 1 is 0.917 bits per heavy atom. The topological polar surface area (TPSA) is 38.3 Å². The Morgan fingerprint density at radius 3 is 2.29 bits per heavy atom. The molecular weight excluding hydrogens is 322 g/mol. The fraction of sp³-hybridized carbons (Fsp3) is 0.0500. The van der Waals surface area contributed by atoms with Gasteiger partial charge in [-0.1, -0.05) is 23.7 Å². The van der Waals surface area contributed by atoms with Crippen LogP contribution in [0.15, 0.2) is 72.8 Å². The highest BCUT2D eigenvalue weighted by molar-refractivity contribution is 6.30. The molecule has 0 radical (unpaired) electrons. The zero-order valence-corrected chi connectivity index (χ0v) is 13.9. The number of nitrogens with one attached hydrogen (secondary N) is 1. The molecule has 0 aliphatic heterocycles. The van der Waals surface area contributed by atoms with Crippen molar-refractivity contribution in [3.8, 4) is 11.5 Å². The number of hydrogen-bond acceptors (Lipinski definition) is 2. The maximum atomic E-state index is 12.2. The zero-order valence-electron chi connectivity index (χ0n) is 13.1. The van der Waals surface area contributed by atoms with E-state index in [0.29, 0.717) is 22.0 Å². The Morgan fingerprint density at radius 2 is 1.62 bits per heavy atom. The van der Waals surface area contributed by atoms with E-state index in [1.165, 1.54) is 0 Å². The highest BCUT2D eigenvalue weighted by atomic mass is 35.5. The van der Waals surface area contributed by atoms with E-state index in [-0.39, 0.29) is 5.91 Å². The van der Waals surface area contributed by atoms with Crippen molar-refractivity contribution in [1.29, 1.82) is 0 Å². The quantitative estimate of drug-likeness (QED) is 0.663. The van der Waals surface area contributed by atoms with Crippen molar-refractivity contribution in [3.63, 3.8) is 0 Å². The smallest absolute Gasteiger partial charge is 0.255 e. The number of anilines is 1. The molecule has 0 aliphatic carbocycles. The van der Waals surface area contributed by atoms with Crippen LogP contribution in [0.5, 0.6) is 11.5 Å². The maximum absolute atomic E-state index is 12.2. The molecule has 4 heteroatoms. The molecule has 0 atom stereocenters. The molecule has 3 aromatic rings. The van der Waals surface area contributed by atoms with Gasteiger partial charge in [-0.25, -0.2) is 0 Å². The minimum Gasteiger partial charge on any atom is -0.457 e. The number of aryl methyl sites for hydroxylation is 1. The number of carbonyl (C=O) groups excluding carboxylic acids is 1. The Bertz CT molecular complexity index is 842. The maximum Gasteiger partial charge on any atom is 0.255 e. The number of carbonyl (C=O) groups is 1. The van der Waals surface area contributed by atoms with Gasteiger partial charge >= 0.3 is 0 Å². The second-order valence-electron chi connectivity index (χ2n) is 5.40. The van der Waals surface area contributed by atoms with Crippen molar-refractivity contribution in [1.82, 2.24) is 0 Å². The Kier molecular flexibility index (Phi) is 4.82. The van der Waals surface area contributed by atoms with Gasteiger partial charge in [0.1, 0.15) is 11.5 Å². The first-order chi connectivity index (χ1) is 11.6.